The summed E-state index contributed by atoms with van der Waals surface area (Å²) in [7, 11) is -2.24. The van der Waals surface area contributed by atoms with E-state index in [9.17, 15) is 31.2 Å². The van der Waals surface area contributed by atoms with E-state index in [1.807, 2.05) is 0 Å². The quantitative estimate of drug-likeness (QED) is 0.601. The first kappa shape index (κ1) is 20.8. The third-order valence-corrected chi connectivity index (χ3v) is 5.93. The Balaban J connectivity index is 1.98. The highest BCUT2D eigenvalue weighted by molar-refractivity contribution is 7.90. The minimum absolute atomic E-state index is 0.0161. The van der Waals surface area contributed by atoms with Crippen LogP contribution in [0.2, 0.25) is 0 Å². The number of rotatable bonds is 4. The van der Waals surface area contributed by atoms with Gasteiger partial charge in [-0.25, -0.2) is 21.6 Å². The number of nitrogens with one attached hydrogen (secondary N) is 1. The average molecular weight is 426 g/mol. The summed E-state index contributed by atoms with van der Waals surface area (Å²) in [4.78, 5) is 26.5. The lowest BCUT2D eigenvalue weighted by Gasteiger charge is -2.18. The second-order valence-electron chi connectivity index (χ2n) is 6.86. The topological polar surface area (TPSA) is 83.6 Å². The smallest absolute Gasteiger partial charge is 0.237 e. The molecule has 0 saturated carbocycles. The Bertz CT molecular complexity index is 1080. The van der Waals surface area contributed by atoms with E-state index in [2.05, 4.69) is 5.32 Å². The van der Waals surface area contributed by atoms with E-state index < -0.39 is 50.9 Å². The largest absolute Gasteiger partial charge is 0.344 e. The van der Waals surface area contributed by atoms with Crippen molar-refractivity contribution >= 4 is 27.3 Å². The molecule has 2 amide bonds. The van der Waals surface area contributed by atoms with Gasteiger partial charge in [-0.2, -0.15) is 0 Å². The van der Waals surface area contributed by atoms with E-state index in [1.165, 1.54) is 36.2 Å². The number of sulfone groups is 1. The fraction of sp³-hybridized carbons (Fsp3) is 0.263. The lowest BCUT2D eigenvalue weighted by Crippen LogP contribution is -2.33. The number of likely N-dealkylation sites (N-methyl/N-ethyl adjacent to an activating group) is 1. The van der Waals surface area contributed by atoms with Crippen molar-refractivity contribution < 1.29 is 31.2 Å². The molecule has 3 rings (SSSR count). The fourth-order valence-electron chi connectivity index (χ4n) is 3.39. The minimum atomic E-state index is -3.66. The Labute approximate surface area is 165 Å². The van der Waals surface area contributed by atoms with Crippen LogP contribution in [-0.4, -0.2) is 45.0 Å². The number of hydrogen-bond donors (Lipinski definition) is 1. The first-order valence-electron chi connectivity index (χ1n) is 8.50. The SMILES string of the molecule is CN1C[C@H](c2cc(F)c(F)c(F)c2)[C@@H](C(=O)Nc2ccccc2S(C)(=O)=O)C1=O. The number of hydrogen-bond acceptors (Lipinski definition) is 4. The molecular weight excluding hydrogens is 409 g/mol. The average Bonchev–Trinajstić information content (AvgIpc) is 2.94. The van der Waals surface area contributed by atoms with E-state index in [-0.39, 0.29) is 22.7 Å². The number of para-hydroxylation sites is 1. The van der Waals surface area contributed by atoms with Crippen molar-refractivity contribution in [1.29, 1.82) is 0 Å². The van der Waals surface area contributed by atoms with Gasteiger partial charge in [0.05, 0.1) is 10.6 Å². The van der Waals surface area contributed by atoms with Gasteiger partial charge in [0.25, 0.3) is 0 Å². The summed E-state index contributed by atoms with van der Waals surface area (Å²) in [5.74, 6) is -8.24. The van der Waals surface area contributed by atoms with Crippen LogP contribution in [0.4, 0.5) is 18.9 Å². The zero-order chi connectivity index (χ0) is 21.5. The monoisotopic (exact) mass is 426 g/mol. The summed E-state index contributed by atoms with van der Waals surface area (Å²) >= 11 is 0. The van der Waals surface area contributed by atoms with Crippen LogP contribution >= 0.6 is 0 Å². The van der Waals surface area contributed by atoms with Crippen molar-refractivity contribution in [2.45, 2.75) is 10.8 Å². The number of halogens is 3. The van der Waals surface area contributed by atoms with Gasteiger partial charge in [-0.15, -0.1) is 0 Å². The lowest BCUT2D eigenvalue weighted by molar-refractivity contribution is -0.135. The Kier molecular flexibility index (Phi) is 5.40. The molecule has 1 heterocycles. The van der Waals surface area contributed by atoms with Crippen LogP contribution in [0.5, 0.6) is 0 Å². The summed E-state index contributed by atoms with van der Waals surface area (Å²) < 4.78 is 64.5. The number of nitrogens with zero attached hydrogens (tertiary/aromatic N) is 1. The summed E-state index contributed by atoms with van der Waals surface area (Å²) in [6.07, 6.45) is 0.972. The third kappa shape index (κ3) is 3.98. The molecule has 10 heteroatoms. The number of carbonyl (C=O) groups excluding carboxylic acids is 2. The number of likely N-dealkylation sites (tertiary alicyclic amines) is 1. The van der Waals surface area contributed by atoms with Crippen LogP contribution in [0.15, 0.2) is 41.3 Å². The molecule has 2 atom stereocenters. The fourth-order valence-corrected chi connectivity index (χ4v) is 4.23. The molecule has 1 saturated heterocycles. The van der Waals surface area contributed by atoms with Gasteiger partial charge in [0.15, 0.2) is 27.3 Å². The van der Waals surface area contributed by atoms with Crippen LogP contribution in [0.1, 0.15) is 11.5 Å². The van der Waals surface area contributed by atoms with Gasteiger partial charge < -0.3 is 10.2 Å². The second kappa shape index (κ2) is 7.51. The summed E-state index contributed by atoms with van der Waals surface area (Å²) in [5.41, 5.74) is -0.0618. The van der Waals surface area contributed by atoms with Gasteiger partial charge in [0.1, 0.15) is 5.92 Å². The van der Waals surface area contributed by atoms with E-state index in [4.69, 9.17) is 0 Å². The predicted molar refractivity (Wildman–Crippen MR) is 98.4 cm³/mol. The van der Waals surface area contributed by atoms with E-state index in [0.29, 0.717) is 0 Å². The molecule has 1 aliphatic rings. The van der Waals surface area contributed by atoms with E-state index in [1.54, 1.807) is 0 Å². The van der Waals surface area contributed by atoms with Gasteiger partial charge in [-0.1, -0.05) is 12.1 Å². The van der Waals surface area contributed by atoms with Gasteiger partial charge in [-0.05, 0) is 29.8 Å². The maximum Gasteiger partial charge on any atom is 0.237 e. The molecule has 29 heavy (non-hydrogen) atoms. The number of amides is 2. The maximum absolute atomic E-state index is 13.7. The van der Waals surface area contributed by atoms with E-state index in [0.717, 1.165) is 18.4 Å². The molecule has 1 aliphatic heterocycles. The molecule has 0 aromatic heterocycles. The van der Waals surface area contributed by atoms with E-state index >= 15 is 0 Å². The maximum atomic E-state index is 13.7. The van der Waals surface area contributed by atoms with Crippen molar-refractivity contribution in [2.75, 3.05) is 25.2 Å². The molecular formula is C19H17F3N2O4S. The Morgan fingerprint density at radius 1 is 1.14 bits per heavy atom. The van der Waals surface area contributed by atoms with Gasteiger partial charge in [0, 0.05) is 25.8 Å². The van der Waals surface area contributed by atoms with Gasteiger partial charge >= 0.3 is 0 Å². The second-order valence-corrected chi connectivity index (χ2v) is 8.84. The molecule has 0 bridgehead atoms. The number of benzene rings is 2. The lowest BCUT2D eigenvalue weighted by atomic mass is 9.87. The summed E-state index contributed by atoms with van der Waals surface area (Å²) in [5, 5.41) is 2.42. The highest BCUT2D eigenvalue weighted by Crippen LogP contribution is 2.35. The predicted octanol–water partition coefficient (Wildman–Crippen LogP) is 2.32. The van der Waals surface area contributed by atoms with Crippen LogP contribution in [0, 0.1) is 23.4 Å². The standard InChI is InChI=1S/C19H17F3N2O4S/c1-24-9-11(10-7-12(20)17(22)13(21)8-10)16(19(24)26)18(25)23-14-5-3-4-6-15(14)29(2,27)28/h3-8,11,16H,9H2,1-2H3,(H,23,25)/t11-,16+/m1/s1. The highest BCUT2D eigenvalue weighted by Gasteiger charge is 2.45. The normalized spacial score (nSPS) is 19.5. The summed E-state index contributed by atoms with van der Waals surface area (Å²) in [6, 6.07) is 7.16. The first-order chi connectivity index (χ1) is 13.5. The molecule has 0 unspecified atom stereocenters. The minimum Gasteiger partial charge on any atom is -0.344 e. The molecule has 0 radical (unpaired) electrons. The van der Waals surface area contributed by atoms with Crippen molar-refractivity contribution in [3.63, 3.8) is 0 Å². The zero-order valence-corrected chi connectivity index (χ0v) is 16.3. The van der Waals surface area contributed by atoms with Gasteiger partial charge in [-0.3, -0.25) is 9.59 Å². The van der Waals surface area contributed by atoms with Crippen molar-refractivity contribution in [1.82, 2.24) is 4.90 Å². The van der Waals surface area contributed by atoms with Crippen LogP contribution < -0.4 is 5.32 Å². The molecule has 6 nitrogen and oxygen atoms in total. The number of carbonyl (C=O) groups is 2. The third-order valence-electron chi connectivity index (χ3n) is 4.78. The van der Waals surface area contributed by atoms with Crippen molar-refractivity contribution in [3.05, 3.63) is 59.4 Å². The highest BCUT2D eigenvalue weighted by atomic mass is 32.2. The van der Waals surface area contributed by atoms with Crippen LogP contribution in [-0.2, 0) is 19.4 Å². The summed E-state index contributed by atoms with van der Waals surface area (Å²) in [6.45, 7) is -0.0187. The Morgan fingerprint density at radius 2 is 1.72 bits per heavy atom. The first-order valence-corrected chi connectivity index (χ1v) is 10.4. The van der Waals surface area contributed by atoms with Gasteiger partial charge in [0.2, 0.25) is 11.8 Å². The van der Waals surface area contributed by atoms with Crippen molar-refractivity contribution in [3.8, 4) is 0 Å². The zero-order valence-electron chi connectivity index (χ0n) is 15.4. The molecule has 2 aromatic carbocycles. The Morgan fingerprint density at radius 3 is 2.31 bits per heavy atom. The molecule has 154 valence electrons. The molecule has 2 aromatic rings. The molecule has 0 aliphatic carbocycles. The molecule has 1 fully saturated rings. The van der Waals surface area contributed by atoms with Crippen LogP contribution in [0.3, 0.4) is 0 Å². The molecule has 0 spiro atoms. The van der Waals surface area contributed by atoms with Crippen molar-refractivity contribution in [2.24, 2.45) is 5.92 Å². The number of anilines is 1. The van der Waals surface area contributed by atoms with Crippen LogP contribution in [0.25, 0.3) is 0 Å². The Hall–Kier alpha value is -2.88. The molecule has 1 N–H and O–H groups in total.